The minimum Gasteiger partial charge on any atom is -0.497 e. The number of halogens is 1. The molecular weight excluding hydrogens is 281 g/mol. The molecule has 0 aliphatic carbocycles. The molecule has 2 rings (SSSR count). The average molecular weight is 295 g/mol. The zero-order valence-electron chi connectivity index (χ0n) is 10.8. The predicted octanol–water partition coefficient (Wildman–Crippen LogP) is 2.39. The van der Waals surface area contributed by atoms with E-state index in [4.69, 9.17) is 10.5 Å². The molecule has 20 heavy (non-hydrogen) atoms. The highest BCUT2D eigenvalue weighted by molar-refractivity contribution is 7.90. The van der Waals surface area contributed by atoms with Crippen molar-refractivity contribution in [2.24, 2.45) is 0 Å². The summed E-state index contributed by atoms with van der Waals surface area (Å²) in [5.74, 6) is -0.423. The molecule has 6 heteroatoms. The number of sulfone groups is 1. The number of hydrogen-bond acceptors (Lipinski definition) is 4. The Balaban J connectivity index is 2.35. The minimum atomic E-state index is -3.58. The van der Waals surface area contributed by atoms with Crippen LogP contribution in [0.15, 0.2) is 47.4 Å². The molecular formula is C14H14FNO3S. The summed E-state index contributed by atoms with van der Waals surface area (Å²) in [6.07, 6.45) is 0. The van der Waals surface area contributed by atoms with Gasteiger partial charge < -0.3 is 10.5 Å². The van der Waals surface area contributed by atoms with Crippen molar-refractivity contribution in [1.29, 1.82) is 0 Å². The van der Waals surface area contributed by atoms with Gasteiger partial charge in [0.15, 0.2) is 9.84 Å². The molecule has 0 spiro atoms. The van der Waals surface area contributed by atoms with Crippen molar-refractivity contribution in [1.82, 2.24) is 0 Å². The Morgan fingerprint density at radius 3 is 2.60 bits per heavy atom. The summed E-state index contributed by atoms with van der Waals surface area (Å²) in [7, 11) is -2.12. The Bertz CT molecular complexity index is 709. The molecule has 0 amide bonds. The highest BCUT2D eigenvalue weighted by Crippen LogP contribution is 2.22. The zero-order chi connectivity index (χ0) is 14.8. The Hall–Kier alpha value is -2.08. The van der Waals surface area contributed by atoms with Crippen molar-refractivity contribution in [3.63, 3.8) is 0 Å². The van der Waals surface area contributed by atoms with E-state index in [-0.39, 0.29) is 16.3 Å². The van der Waals surface area contributed by atoms with Crippen LogP contribution in [0.3, 0.4) is 0 Å². The summed E-state index contributed by atoms with van der Waals surface area (Å²) in [6.45, 7) is 0. The molecule has 0 aliphatic rings. The van der Waals surface area contributed by atoms with Gasteiger partial charge in [-0.2, -0.15) is 0 Å². The minimum absolute atomic E-state index is 0.125. The maximum absolute atomic E-state index is 13.2. The molecule has 0 bridgehead atoms. The number of rotatable bonds is 4. The first kappa shape index (κ1) is 14.3. The summed E-state index contributed by atoms with van der Waals surface area (Å²) in [5.41, 5.74) is 6.01. The summed E-state index contributed by atoms with van der Waals surface area (Å²) in [5, 5.41) is 0. The van der Waals surface area contributed by atoms with Crippen LogP contribution < -0.4 is 10.5 Å². The first-order chi connectivity index (χ1) is 9.40. The van der Waals surface area contributed by atoms with Crippen LogP contribution in [0.2, 0.25) is 0 Å². The van der Waals surface area contributed by atoms with Gasteiger partial charge in [0.2, 0.25) is 0 Å². The number of anilines is 1. The third kappa shape index (κ3) is 3.27. The smallest absolute Gasteiger partial charge is 0.182 e. The lowest BCUT2D eigenvalue weighted by atomic mass is 10.2. The molecule has 0 atom stereocenters. The van der Waals surface area contributed by atoms with Gasteiger partial charge in [-0.25, -0.2) is 12.8 Å². The van der Waals surface area contributed by atoms with Gasteiger partial charge in [0, 0.05) is 5.69 Å². The van der Waals surface area contributed by atoms with E-state index >= 15 is 0 Å². The molecule has 0 aromatic heterocycles. The first-order valence-electron chi connectivity index (χ1n) is 5.82. The molecule has 2 aromatic rings. The van der Waals surface area contributed by atoms with Crippen molar-refractivity contribution in [3.8, 4) is 5.75 Å². The van der Waals surface area contributed by atoms with E-state index in [9.17, 15) is 12.8 Å². The van der Waals surface area contributed by atoms with Crippen LogP contribution in [0.4, 0.5) is 10.1 Å². The molecule has 0 aliphatic heterocycles. The van der Waals surface area contributed by atoms with Gasteiger partial charge >= 0.3 is 0 Å². The highest BCUT2D eigenvalue weighted by atomic mass is 32.2. The molecule has 2 N–H and O–H groups in total. The number of methoxy groups -OCH3 is 1. The van der Waals surface area contributed by atoms with Crippen LogP contribution in [-0.2, 0) is 15.6 Å². The lowest BCUT2D eigenvalue weighted by Gasteiger charge is -2.07. The van der Waals surface area contributed by atoms with E-state index in [2.05, 4.69) is 0 Å². The monoisotopic (exact) mass is 295 g/mol. The van der Waals surface area contributed by atoms with E-state index in [0.29, 0.717) is 11.3 Å². The molecule has 0 saturated carbocycles. The number of benzene rings is 2. The van der Waals surface area contributed by atoms with Crippen LogP contribution in [0.5, 0.6) is 5.75 Å². The van der Waals surface area contributed by atoms with Gasteiger partial charge in [0.25, 0.3) is 0 Å². The van der Waals surface area contributed by atoms with Crippen LogP contribution >= 0.6 is 0 Å². The fourth-order valence-corrected chi connectivity index (χ4v) is 3.21. The second-order valence-electron chi connectivity index (χ2n) is 4.33. The normalized spacial score (nSPS) is 11.3. The second kappa shape index (κ2) is 5.50. The summed E-state index contributed by atoms with van der Waals surface area (Å²) < 4.78 is 42.8. The third-order valence-electron chi connectivity index (χ3n) is 2.74. The van der Waals surface area contributed by atoms with Crippen molar-refractivity contribution in [3.05, 3.63) is 53.8 Å². The lowest BCUT2D eigenvalue weighted by Crippen LogP contribution is -2.06. The summed E-state index contributed by atoms with van der Waals surface area (Å²) in [4.78, 5) is 0.125. The van der Waals surface area contributed by atoms with Crippen molar-refractivity contribution < 1.29 is 17.5 Å². The van der Waals surface area contributed by atoms with Gasteiger partial charge in [-0.15, -0.1) is 0 Å². The average Bonchev–Trinajstić information content (AvgIpc) is 2.37. The number of nitrogens with two attached hydrogens (primary N) is 1. The van der Waals surface area contributed by atoms with E-state index < -0.39 is 15.7 Å². The summed E-state index contributed by atoms with van der Waals surface area (Å²) in [6, 6.07) is 9.89. The molecule has 0 heterocycles. The van der Waals surface area contributed by atoms with E-state index in [1.165, 1.54) is 25.3 Å². The van der Waals surface area contributed by atoms with E-state index in [1.807, 2.05) is 0 Å². The first-order valence-corrected chi connectivity index (χ1v) is 7.48. The molecule has 0 radical (unpaired) electrons. The zero-order valence-corrected chi connectivity index (χ0v) is 11.7. The second-order valence-corrected chi connectivity index (χ2v) is 6.32. The van der Waals surface area contributed by atoms with Crippen LogP contribution in [0, 0.1) is 5.82 Å². The number of hydrogen-bond donors (Lipinski definition) is 1. The maximum atomic E-state index is 13.2. The van der Waals surface area contributed by atoms with E-state index in [0.717, 1.165) is 12.1 Å². The maximum Gasteiger partial charge on any atom is 0.182 e. The van der Waals surface area contributed by atoms with Crippen molar-refractivity contribution in [2.45, 2.75) is 10.6 Å². The Morgan fingerprint density at radius 2 is 1.95 bits per heavy atom. The third-order valence-corrected chi connectivity index (χ3v) is 4.42. The lowest BCUT2D eigenvalue weighted by molar-refractivity contribution is 0.413. The van der Waals surface area contributed by atoms with Crippen molar-refractivity contribution in [2.75, 3.05) is 12.8 Å². The topological polar surface area (TPSA) is 69.4 Å². The van der Waals surface area contributed by atoms with Crippen LogP contribution in [-0.4, -0.2) is 15.5 Å². The largest absolute Gasteiger partial charge is 0.497 e. The Labute approximate surface area is 116 Å². The molecule has 0 unspecified atom stereocenters. The van der Waals surface area contributed by atoms with Gasteiger partial charge in [0.05, 0.1) is 17.8 Å². The molecule has 2 aromatic carbocycles. The van der Waals surface area contributed by atoms with Crippen LogP contribution in [0.1, 0.15) is 5.56 Å². The summed E-state index contributed by atoms with van der Waals surface area (Å²) >= 11 is 0. The van der Waals surface area contributed by atoms with E-state index in [1.54, 1.807) is 12.1 Å². The number of nitrogen functional groups attached to an aromatic ring is 1. The Morgan fingerprint density at radius 1 is 1.20 bits per heavy atom. The Kier molecular flexibility index (Phi) is 3.94. The fourth-order valence-electron chi connectivity index (χ4n) is 1.86. The molecule has 0 saturated heterocycles. The van der Waals surface area contributed by atoms with Gasteiger partial charge in [-0.1, -0.05) is 6.07 Å². The fraction of sp³-hybridized carbons (Fsp3) is 0.143. The SMILES string of the molecule is COc1cccc(S(=O)(=O)Cc2cc(N)cc(F)c2)c1. The van der Waals surface area contributed by atoms with Gasteiger partial charge in [0.1, 0.15) is 11.6 Å². The molecule has 0 fully saturated rings. The standard InChI is InChI=1S/C14H14FNO3S/c1-19-13-3-2-4-14(8-13)20(17,18)9-10-5-11(15)7-12(16)6-10/h2-8H,9,16H2,1H3. The quantitative estimate of drug-likeness (QED) is 0.879. The molecule has 106 valence electrons. The predicted molar refractivity (Wildman–Crippen MR) is 74.7 cm³/mol. The number of ether oxygens (including phenoxy) is 1. The van der Waals surface area contributed by atoms with Gasteiger partial charge in [-0.3, -0.25) is 0 Å². The van der Waals surface area contributed by atoms with Gasteiger partial charge in [-0.05, 0) is 42.0 Å². The van der Waals surface area contributed by atoms with Crippen molar-refractivity contribution >= 4 is 15.5 Å². The van der Waals surface area contributed by atoms with Crippen LogP contribution in [0.25, 0.3) is 0 Å². The molecule has 4 nitrogen and oxygen atoms in total. The highest BCUT2D eigenvalue weighted by Gasteiger charge is 2.16.